The van der Waals surface area contributed by atoms with E-state index in [4.69, 9.17) is 0 Å². The van der Waals surface area contributed by atoms with Gasteiger partial charge in [-0.2, -0.15) is 72.8 Å². The first-order valence-corrected chi connectivity index (χ1v) is 3.82. The van der Waals surface area contributed by atoms with Crippen molar-refractivity contribution in [3.63, 3.8) is 0 Å². The van der Waals surface area contributed by atoms with Crippen LogP contribution in [-0.4, -0.2) is 23.1 Å². The normalized spacial score (nSPS) is 6.86. The summed E-state index contributed by atoms with van der Waals surface area (Å²) >= 11 is 0. The van der Waals surface area contributed by atoms with Crippen molar-refractivity contribution in [1.29, 1.82) is 0 Å². The fourth-order valence-corrected chi connectivity index (χ4v) is 0.684. The number of benzene rings is 2. The van der Waals surface area contributed by atoms with E-state index in [2.05, 4.69) is 12.1 Å². The molecule has 0 aliphatic rings. The summed E-state index contributed by atoms with van der Waals surface area (Å²) in [4.78, 5) is 0. The van der Waals surface area contributed by atoms with Crippen LogP contribution in [-0.2, 0) is 0 Å². The molecule has 2 heteroatoms. The molecule has 0 bridgehead atoms. The predicted octanol–water partition coefficient (Wildman–Crippen LogP) is 3.17. The molecule has 14 heavy (non-hydrogen) atoms. The van der Waals surface area contributed by atoms with Gasteiger partial charge in [-0.15, -0.1) is 17.0 Å². The van der Waals surface area contributed by atoms with Crippen LogP contribution in [0.4, 0.5) is 0 Å². The van der Waals surface area contributed by atoms with Crippen LogP contribution in [0.1, 0.15) is 0 Å². The summed E-state index contributed by atoms with van der Waals surface area (Å²) in [6.45, 7) is 0. The molecule has 0 N–H and O–H groups in total. The molecule has 2 aromatic carbocycles. The Morgan fingerprint density at radius 3 is 0.857 bits per heavy atom. The molecule has 0 atom stereocenters. The van der Waals surface area contributed by atoms with Gasteiger partial charge in [0, 0.05) is 0 Å². The summed E-state index contributed by atoms with van der Waals surface area (Å²) in [5.74, 6) is 0. The molecule has 68 valence electrons. The fourth-order valence-electron chi connectivity index (χ4n) is 0.684. The molecule has 0 aromatic heterocycles. The second kappa shape index (κ2) is 12.7. The van der Waals surface area contributed by atoms with Crippen molar-refractivity contribution in [3.8, 4) is 0 Å². The first-order chi connectivity index (χ1) is 6.00. The Hall–Kier alpha value is -0.314. The molecule has 0 spiro atoms. The Labute approximate surface area is 112 Å². The van der Waals surface area contributed by atoms with Crippen molar-refractivity contribution < 1.29 is 0 Å². The van der Waals surface area contributed by atoms with E-state index in [0.29, 0.717) is 0 Å². The standard InChI is InChI=1S/2C6H5.BrH.Mg/c2*1-2-4-6-5-3-1;;/h2*1-5H;1H;/q2*-1;;+2. The summed E-state index contributed by atoms with van der Waals surface area (Å²) in [7, 11) is 0. The number of hydrogen-bond acceptors (Lipinski definition) is 0. The average molecular weight is 259 g/mol. The third-order valence-electron chi connectivity index (χ3n) is 1.21. The van der Waals surface area contributed by atoms with E-state index in [9.17, 15) is 0 Å². The molecule has 2 rings (SSSR count). The van der Waals surface area contributed by atoms with E-state index in [-0.39, 0.29) is 40.0 Å². The second-order valence-corrected chi connectivity index (χ2v) is 2.15. The van der Waals surface area contributed by atoms with Gasteiger partial charge in [0.05, 0.1) is 0 Å². The van der Waals surface area contributed by atoms with Gasteiger partial charge >= 0.3 is 23.1 Å². The first-order valence-electron chi connectivity index (χ1n) is 3.82. The van der Waals surface area contributed by atoms with Crippen molar-refractivity contribution >= 4 is 40.0 Å². The molecule has 0 aliphatic carbocycles. The number of hydrogen-bond donors (Lipinski definition) is 0. The third kappa shape index (κ3) is 9.77. The van der Waals surface area contributed by atoms with E-state index in [1.807, 2.05) is 60.7 Å². The maximum absolute atomic E-state index is 2.89. The number of rotatable bonds is 0. The molecule has 0 nitrogen and oxygen atoms in total. The van der Waals surface area contributed by atoms with Crippen molar-refractivity contribution in [2.45, 2.75) is 0 Å². The molecular weight excluding hydrogens is 248 g/mol. The molecule has 0 heterocycles. The minimum atomic E-state index is 0. The van der Waals surface area contributed by atoms with Crippen molar-refractivity contribution in [3.05, 3.63) is 72.8 Å². The monoisotopic (exact) mass is 258 g/mol. The molecule has 0 saturated heterocycles. The largest absolute Gasteiger partial charge is 2.00 e. The van der Waals surface area contributed by atoms with Crippen LogP contribution >= 0.6 is 17.0 Å². The van der Waals surface area contributed by atoms with Crippen molar-refractivity contribution in [1.82, 2.24) is 0 Å². The van der Waals surface area contributed by atoms with Gasteiger partial charge in [0.15, 0.2) is 0 Å². The molecule has 0 amide bonds. The molecule has 0 fully saturated rings. The summed E-state index contributed by atoms with van der Waals surface area (Å²) in [5, 5.41) is 0. The Kier molecular flexibility index (Phi) is 14.6. The molecule has 0 saturated carbocycles. The Morgan fingerprint density at radius 2 is 0.786 bits per heavy atom. The van der Waals surface area contributed by atoms with Gasteiger partial charge in [0.2, 0.25) is 0 Å². The van der Waals surface area contributed by atoms with Gasteiger partial charge in [-0.1, -0.05) is 0 Å². The van der Waals surface area contributed by atoms with Gasteiger partial charge in [-0.3, -0.25) is 0 Å². The van der Waals surface area contributed by atoms with E-state index in [0.717, 1.165) is 0 Å². The second-order valence-electron chi connectivity index (χ2n) is 2.15. The zero-order valence-corrected chi connectivity index (χ0v) is 11.0. The van der Waals surface area contributed by atoms with Gasteiger partial charge in [0.1, 0.15) is 0 Å². The van der Waals surface area contributed by atoms with E-state index >= 15 is 0 Å². The van der Waals surface area contributed by atoms with Crippen molar-refractivity contribution in [2.24, 2.45) is 0 Å². The van der Waals surface area contributed by atoms with Gasteiger partial charge in [0.25, 0.3) is 0 Å². The fraction of sp³-hybridized carbons (Fsp3) is 0. The summed E-state index contributed by atoms with van der Waals surface area (Å²) in [5.41, 5.74) is 0. The molecular formula is C12H11BrMg. The smallest absolute Gasteiger partial charge is 0.184 e. The van der Waals surface area contributed by atoms with Crippen LogP contribution in [0.15, 0.2) is 60.7 Å². The predicted molar refractivity (Wildman–Crippen MR) is 66.6 cm³/mol. The van der Waals surface area contributed by atoms with Crippen LogP contribution in [0.3, 0.4) is 0 Å². The zero-order valence-electron chi connectivity index (χ0n) is 7.89. The molecule has 2 aromatic rings. The molecule has 0 radical (unpaired) electrons. The topological polar surface area (TPSA) is 0 Å². The number of halogens is 1. The quantitative estimate of drug-likeness (QED) is 0.503. The van der Waals surface area contributed by atoms with Crippen molar-refractivity contribution in [2.75, 3.05) is 0 Å². The minimum absolute atomic E-state index is 0. The average Bonchev–Trinajstić information content (AvgIpc) is 2.24. The van der Waals surface area contributed by atoms with Crippen LogP contribution in [0.2, 0.25) is 0 Å². The van der Waals surface area contributed by atoms with Crippen LogP contribution < -0.4 is 0 Å². The molecule has 0 aliphatic heterocycles. The minimum Gasteiger partial charge on any atom is -0.184 e. The van der Waals surface area contributed by atoms with E-state index < -0.39 is 0 Å². The van der Waals surface area contributed by atoms with E-state index in [1.165, 1.54) is 0 Å². The third-order valence-corrected chi connectivity index (χ3v) is 1.21. The SMILES string of the molecule is Br.[Mg+2].[c-]1ccccc1.[c-]1ccccc1. The maximum atomic E-state index is 2.89. The van der Waals surface area contributed by atoms with Crippen LogP contribution in [0, 0.1) is 12.1 Å². The Bertz CT molecular complexity index is 186. The molecule has 0 unspecified atom stereocenters. The summed E-state index contributed by atoms with van der Waals surface area (Å²) in [6, 6.07) is 25.0. The van der Waals surface area contributed by atoms with Crippen LogP contribution in [0.25, 0.3) is 0 Å². The zero-order chi connectivity index (χ0) is 8.49. The first kappa shape index (κ1) is 16.1. The van der Waals surface area contributed by atoms with Gasteiger partial charge in [-0.05, 0) is 0 Å². The maximum Gasteiger partial charge on any atom is 2.00 e. The van der Waals surface area contributed by atoms with Crippen LogP contribution in [0.5, 0.6) is 0 Å². The summed E-state index contributed by atoms with van der Waals surface area (Å²) < 4.78 is 0. The summed E-state index contributed by atoms with van der Waals surface area (Å²) in [6.07, 6.45) is 0. The Morgan fingerprint density at radius 1 is 0.500 bits per heavy atom. The van der Waals surface area contributed by atoms with Gasteiger partial charge < -0.3 is 0 Å². The van der Waals surface area contributed by atoms with E-state index in [1.54, 1.807) is 0 Å². The Balaban J connectivity index is 0. The van der Waals surface area contributed by atoms with Gasteiger partial charge in [-0.25, -0.2) is 0 Å².